The normalized spacial score (nSPS) is 10.3. The molecule has 0 amide bonds. The fourth-order valence-corrected chi connectivity index (χ4v) is 2.91. The molecule has 0 radical (unpaired) electrons. The summed E-state index contributed by atoms with van der Waals surface area (Å²) < 4.78 is 4.99. The van der Waals surface area contributed by atoms with Crippen molar-refractivity contribution in [2.75, 3.05) is 24.6 Å². The first-order chi connectivity index (χ1) is 10.3. The van der Waals surface area contributed by atoms with Crippen LogP contribution in [0.3, 0.4) is 0 Å². The van der Waals surface area contributed by atoms with Crippen molar-refractivity contribution in [1.29, 1.82) is 0 Å². The molecule has 7 nitrogen and oxygen atoms in total. The van der Waals surface area contributed by atoms with Gasteiger partial charge in [-0.1, -0.05) is 0 Å². The molecule has 122 valence electrons. The Kier molecular flexibility index (Phi) is 6.84. The number of carbonyl (C=O) groups excluding carboxylic acids is 1. The summed E-state index contributed by atoms with van der Waals surface area (Å²) in [4.78, 5) is 36.0. The Labute approximate surface area is 132 Å². The van der Waals surface area contributed by atoms with Crippen LogP contribution in [0.2, 0.25) is 0 Å². The van der Waals surface area contributed by atoms with Crippen molar-refractivity contribution in [3.8, 4) is 0 Å². The second-order valence-corrected chi connectivity index (χ2v) is 5.81. The van der Waals surface area contributed by atoms with Gasteiger partial charge in [-0.15, -0.1) is 11.3 Å². The van der Waals surface area contributed by atoms with Crippen molar-refractivity contribution < 1.29 is 29.3 Å². The number of aliphatic carboxylic acids is 2. The predicted octanol–water partition coefficient (Wildman–Crippen LogP) is 1.99. The SMILES string of the molecule is CCOC(=O)c1cc(C)sc1N(CCC(=O)O)CCC(=O)O. The fraction of sp³-hybridized carbons (Fsp3) is 0.500. The van der Waals surface area contributed by atoms with E-state index < -0.39 is 17.9 Å². The maximum atomic E-state index is 12.0. The summed E-state index contributed by atoms with van der Waals surface area (Å²) in [7, 11) is 0. The molecule has 22 heavy (non-hydrogen) atoms. The molecule has 0 aromatic carbocycles. The largest absolute Gasteiger partial charge is 0.481 e. The van der Waals surface area contributed by atoms with E-state index in [2.05, 4.69) is 0 Å². The summed E-state index contributed by atoms with van der Waals surface area (Å²) in [5.74, 6) is -2.45. The molecule has 0 aliphatic rings. The Balaban J connectivity index is 3.03. The van der Waals surface area contributed by atoms with Crippen molar-refractivity contribution in [3.05, 3.63) is 16.5 Å². The van der Waals surface area contributed by atoms with Gasteiger partial charge in [0, 0.05) is 18.0 Å². The van der Waals surface area contributed by atoms with Crippen LogP contribution < -0.4 is 4.90 Å². The lowest BCUT2D eigenvalue weighted by Crippen LogP contribution is -2.29. The van der Waals surface area contributed by atoms with Crippen LogP contribution >= 0.6 is 11.3 Å². The Bertz CT molecular complexity index is 536. The van der Waals surface area contributed by atoms with E-state index >= 15 is 0 Å². The minimum atomic E-state index is -0.980. The minimum Gasteiger partial charge on any atom is -0.481 e. The lowest BCUT2D eigenvalue weighted by molar-refractivity contribution is -0.137. The number of esters is 1. The third-order valence-corrected chi connectivity index (χ3v) is 3.92. The number of ether oxygens (including phenoxy) is 1. The van der Waals surface area contributed by atoms with Crippen molar-refractivity contribution in [2.45, 2.75) is 26.7 Å². The van der Waals surface area contributed by atoms with Crippen molar-refractivity contribution >= 4 is 34.2 Å². The topological polar surface area (TPSA) is 104 Å². The molecule has 0 saturated heterocycles. The zero-order valence-corrected chi connectivity index (χ0v) is 13.3. The van der Waals surface area contributed by atoms with Crippen LogP contribution in [-0.4, -0.2) is 47.8 Å². The Morgan fingerprint density at radius 3 is 2.18 bits per heavy atom. The highest BCUT2D eigenvalue weighted by atomic mass is 32.1. The number of carboxylic acid groups (broad SMARTS) is 2. The highest BCUT2D eigenvalue weighted by molar-refractivity contribution is 7.16. The Morgan fingerprint density at radius 1 is 1.18 bits per heavy atom. The van der Waals surface area contributed by atoms with Crippen molar-refractivity contribution in [3.63, 3.8) is 0 Å². The van der Waals surface area contributed by atoms with Gasteiger partial charge in [-0.2, -0.15) is 0 Å². The second kappa shape index (κ2) is 8.38. The first-order valence-electron chi connectivity index (χ1n) is 6.81. The van der Waals surface area contributed by atoms with Crippen LogP contribution in [0, 0.1) is 6.92 Å². The molecule has 0 aliphatic heterocycles. The highest BCUT2D eigenvalue weighted by Crippen LogP contribution is 2.32. The second-order valence-electron chi connectivity index (χ2n) is 4.57. The summed E-state index contributed by atoms with van der Waals surface area (Å²) in [6.45, 7) is 4.02. The molecule has 1 aromatic rings. The van der Waals surface area contributed by atoms with Gasteiger partial charge in [0.1, 0.15) is 5.00 Å². The van der Waals surface area contributed by atoms with Crippen molar-refractivity contribution in [2.24, 2.45) is 0 Å². The summed E-state index contributed by atoms with van der Waals surface area (Å²) in [5.41, 5.74) is 0.347. The molecule has 1 heterocycles. The molecule has 0 fully saturated rings. The molecule has 0 spiro atoms. The van der Waals surface area contributed by atoms with E-state index in [1.807, 2.05) is 6.92 Å². The van der Waals surface area contributed by atoms with E-state index in [0.29, 0.717) is 10.6 Å². The molecule has 0 unspecified atom stereocenters. The predicted molar refractivity (Wildman–Crippen MR) is 81.7 cm³/mol. The Hall–Kier alpha value is -2.09. The van der Waals surface area contributed by atoms with Gasteiger partial charge in [-0.25, -0.2) is 4.79 Å². The number of anilines is 1. The first kappa shape index (κ1) is 18.0. The molecular weight excluding hydrogens is 310 g/mol. The van der Waals surface area contributed by atoms with Gasteiger partial charge < -0.3 is 19.8 Å². The summed E-state index contributed by atoms with van der Waals surface area (Å²) in [5, 5.41) is 18.2. The molecule has 0 bridgehead atoms. The average Bonchev–Trinajstić information content (AvgIpc) is 2.80. The van der Waals surface area contributed by atoms with Gasteiger partial charge in [0.25, 0.3) is 0 Å². The number of rotatable bonds is 9. The smallest absolute Gasteiger partial charge is 0.341 e. The standard InChI is InChI=1S/C14H19NO6S/c1-3-21-14(20)10-8-9(2)22-13(10)15(6-4-11(16)17)7-5-12(18)19/h8H,3-7H2,1-2H3,(H,16,17)(H,18,19). The fourth-order valence-electron chi connectivity index (χ4n) is 1.87. The van der Waals surface area contributed by atoms with Crippen LogP contribution in [-0.2, 0) is 14.3 Å². The van der Waals surface area contributed by atoms with E-state index in [1.54, 1.807) is 17.9 Å². The lowest BCUT2D eigenvalue weighted by Gasteiger charge is -2.22. The van der Waals surface area contributed by atoms with E-state index in [4.69, 9.17) is 14.9 Å². The van der Waals surface area contributed by atoms with Gasteiger partial charge in [0.2, 0.25) is 0 Å². The molecule has 1 aromatic heterocycles. The van der Waals surface area contributed by atoms with Crippen LogP contribution in [0.15, 0.2) is 6.07 Å². The third kappa shape index (κ3) is 5.36. The minimum absolute atomic E-state index is 0.134. The molecular formula is C14H19NO6S. The van der Waals surface area contributed by atoms with Crippen LogP contribution in [0.1, 0.15) is 35.0 Å². The van der Waals surface area contributed by atoms with E-state index in [0.717, 1.165) is 4.88 Å². The maximum Gasteiger partial charge on any atom is 0.341 e. The van der Waals surface area contributed by atoms with Gasteiger partial charge in [0.15, 0.2) is 0 Å². The van der Waals surface area contributed by atoms with Crippen molar-refractivity contribution in [1.82, 2.24) is 0 Å². The lowest BCUT2D eigenvalue weighted by atomic mass is 10.2. The number of aryl methyl sites for hydroxylation is 1. The molecule has 0 saturated carbocycles. The van der Waals surface area contributed by atoms with Crippen LogP contribution in [0.25, 0.3) is 0 Å². The molecule has 8 heteroatoms. The third-order valence-electron chi connectivity index (χ3n) is 2.81. The summed E-state index contributed by atoms with van der Waals surface area (Å²) >= 11 is 1.32. The molecule has 2 N–H and O–H groups in total. The van der Waals surface area contributed by atoms with Crippen LogP contribution in [0.4, 0.5) is 5.00 Å². The zero-order valence-electron chi connectivity index (χ0n) is 12.5. The number of carbonyl (C=O) groups is 3. The summed E-state index contributed by atoms with van der Waals surface area (Å²) in [6, 6.07) is 1.67. The number of carboxylic acids is 2. The highest BCUT2D eigenvalue weighted by Gasteiger charge is 2.22. The molecule has 1 rings (SSSR count). The number of hydrogen-bond donors (Lipinski definition) is 2. The summed E-state index contributed by atoms with van der Waals surface area (Å²) in [6.07, 6.45) is -0.280. The molecule has 0 aliphatic carbocycles. The quantitative estimate of drug-likeness (QED) is 0.668. The number of hydrogen-bond acceptors (Lipinski definition) is 6. The Morgan fingerprint density at radius 2 is 1.73 bits per heavy atom. The van der Waals surface area contributed by atoms with Gasteiger partial charge in [-0.3, -0.25) is 9.59 Å². The first-order valence-corrected chi connectivity index (χ1v) is 7.62. The van der Waals surface area contributed by atoms with Gasteiger partial charge in [0.05, 0.1) is 25.0 Å². The van der Waals surface area contributed by atoms with E-state index in [9.17, 15) is 14.4 Å². The number of nitrogens with zero attached hydrogens (tertiary/aromatic N) is 1. The maximum absolute atomic E-state index is 12.0. The number of thiophene rings is 1. The monoisotopic (exact) mass is 329 g/mol. The van der Waals surface area contributed by atoms with Gasteiger partial charge >= 0.3 is 17.9 Å². The molecule has 0 atom stereocenters. The van der Waals surface area contributed by atoms with E-state index in [1.165, 1.54) is 11.3 Å². The van der Waals surface area contributed by atoms with Gasteiger partial charge in [-0.05, 0) is 19.9 Å². The van der Waals surface area contributed by atoms with Crippen LogP contribution in [0.5, 0.6) is 0 Å². The zero-order chi connectivity index (χ0) is 16.7. The van der Waals surface area contributed by atoms with E-state index in [-0.39, 0.29) is 32.5 Å². The average molecular weight is 329 g/mol.